The summed E-state index contributed by atoms with van der Waals surface area (Å²) >= 11 is 0. The number of urea groups is 1. The molecule has 0 spiro atoms. The molecule has 1 fully saturated rings. The van der Waals surface area contributed by atoms with E-state index in [1.165, 1.54) is 4.90 Å². The fourth-order valence-corrected chi connectivity index (χ4v) is 3.35. The van der Waals surface area contributed by atoms with Crippen molar-refractivity contribution in [2.24, 2.45) is 0 Å². The molecule has 0 radical (unpaired) electrons. The molecule has 1 aromatic heterocycles. The van der Waals surface area contributed by atoms with Gasteiger partial charge in [-0.3, -0.25) is 10.2 Å². The molecule has 5 N–H and O–H groups in total. The molecule has 146 valence electrons. The number of aliphatic hydroxyl groups excluding tert-OH is 4. The zero-order chi connectivity index (χ0) is 18.8. The van der Waals surface area contributed by atoms with Crippen molar-refractivity contribution in [2.75, 3.05) is 11.9 Å². The number of ether oxygens (including phenoxy) is 1. The number of anilines is 1. The number of furan rings is 1. The number of aryl methyl sites for hydroxylation is 1. The number of nitrogens with one attached hydrogen (secondary N) is 1. The molecule has 0 aliphatic carbocycles. The van der Waals surface area contributed by atoms with Gasteiger partial charge in [-0.05, 0) is 12.5 Å². The van der Waals surface area contributed by atoms with E-state index in [2.05, 4.69) is 12.2 Å². The molecule has 3 rings (SSSR count). The molecule has 0 saturated carbocycles. The van der Waals surface area contributed by atoms with Gasteiger partial charge in [-0.25, -0.2) is 4.79 Å². The minimum Gasteiger partial charge on any atom is -0.445 e. The molecule has 5 atom stereocenters. The number of amides is 2. The van der Waals surface area contributed by atoms with Crippen molar-refractivity contribution in [3.8, 4) is 0 Å². The number of nitrogens with zero attached hydrogens (tertiary/aromatic N) is 1. The first-order valence-corrected chi connectivity index (χ1v) is 8.96. The Balaban J connectivity index is 1.74. The van der Waals surface area contributed by atoms with Crippen LogP contribution in [0, 0.1) is 0 Å². The van der Waals surface area contributed by atoms with Gasteiger partial charge in [0.1, 0.15) is 30.2 Å². The summed E-state index contributed by atoms with van der Waals surface area (Å²) in [7, 11) is 0. The van der Waals surface area contributed by atoms with Crippen LogP contribution in [0.5, 0.6) is 0 Å². The normalized spacial score (nSPS) is 31.7. The van der Waals surface area contributed by atoms with Crippen LogP contribution in [-0.2, 0) is 17.7 Å². The van der Waals surface area contributed by atoms with Gasteiger partial charge in [0.05, 0.1) is 13.2 Å². The van der Waals surface area contributed by atoms with Crippen molar-refractivity contribution in [3.05, 3.63) is 17.4 Å². The average molecular weight is 370 g/mol. The summed E-state index contributed by atoms with van der Waals surface area (Å²) in [5.74, 6) is 1.15. The fourth-order valence-electron chi connectivity index (χ4n) is 3.35. The van der Waals surface area contributed by atoms with Crippen LogP contribution in [0.3, 0.4) is 0 Å². The Kier molecular flexibility index (Phi) is 5.83. The quantitative estimate of drug-likeness (QED) is 0.450. The SMILES string of the molecule is CCCCCc1cc2c(o1)NC(=O)N([C@@H]1O[C@H](CO)[C@@H](O)[C@H](O)[C@H]1O)C2. The molecule has 0 bridgehead atoms. The summed E-state index contributed by atoms with van der Waals surface area (Å²) in [6.45, 7) is 1.70. The van der Waals surface area contributed by atoms with Crippen LogP contribution in [0.1, 0.15) is 37.5 Å². The summed E-state index contributed by atoms with van der Waals surface area (Å²) in [6.07, 6.45) is -2.81. The van der Waals surface area contributed by atoms with Crippen LogP contribution in [0.4, 0.5) is 10.7 Å². The Morgan fingerprint density at radius 1 is 1.23 bits per heavy atom. The monoisotopic (exact) mass is 370 g/mol. The summed E-state index contributed by atoms with van der Waals surface area (Å²) in [6, 6.07) is 1.32. The van der Waals surface area contributed by atoms with Crippen LogP contribution in [-0.4, -0.2) is 68.6 Å². The smallest absolute Gasteiger partial charge is 0.326 e. The largest absolute Gasteiger partial charge is 0.445 e. The summed E-state index contributed by atoms with van der Waals surface area (Å²) in [5, 5.41) is 42.0. The fraction of sp³-hybridized carbons (Fsp3) is 0.706. The second kappa shape index (κ2) is 7.93. The van der Waals surface area contributed by atoms with Crippen molar-refractivity contribution in [1.82, 2.24) is 4.90 Å². The number of fused-ring (bicyclic) bond motifs is 1. The highest BCUT2D eigenvalue weighted by Gasteiger charge is 2.48. The lowest BCUT2D eigenvalue weighted by molar-refractivity contribution is -0.258. The Bertz CT molecular complexity index is 633. The van der Waals surface area contributed by atoms with Crippen molar-refractivity contribution >= 4 is 11.9 Å². The van der Waals surface area contributed by atoms with Gasteiger partial charge < -0.3 is 29.6 Å². The Morgan fingerprint density at radius 3 is 2.69 bits per heavy atom. The molecule has 2 aliphatic heterocycles. The number of aliphatic hydroxyl groups is 4. The van der Waals surface area contributed by atoms with Gasteiger partial charge in [0, 0.05) is 12.0 Å². The number of carbonyl (C=O) groups is 1. The number of hydrogen-bond acceptors (Lipinski definition) is 7. The lowest BCUT2D eigenvalue weighted by Gasteiger charge is -2.45. The van der Waals surface area contributed by atoms with E-state index in [1.54, 1.807) is 0 Å². The zero-order valence-electron chi connectivity index (χ0n) is 14.7. The van der Waals surface area contributed by atoms with E-state index < -0.39 is 43.3 Å². The van der Waals surface area contributed by atoms with Gasteiger partial charge in [0.15, 0.2) is 6.23 Å². The van der Waals surface area contributed by atoms with Crippen molar-refractivity contribution in [2.45, 2.75) is 69.8 Å². The van der Waals surface area contributed by atoms with E-state index in [9.17, 15) is 25.2 Å². The zero-order valence-corrected chi connectivity index (χ0v) is 14.7. The molecule has 2 aliphatic rings. The van der Waals surface area contributed by atoms with E-state index in [1.807, 2.05) is 6.07 Å². The third-order valence-corrected chi connectivity index (χ3v) is 4.88. The van der Waals surface area contributed by atoms with E-state index in [0.717, 1.165) is 37.0 Å². The third-order valence-electron chi connectivity index (χ3n) is 4.88. The average Bonchev–Trinajstić information content (AvgIpc) is 3.01. The van der Waals surface area contributed by atoms with Crippen molar-refractivity contribution in [1.29, 1.82) is 0 Å². The van der Waals surface area contributed by atoms with Gasteiger partial charge in [-0.2, -0.15) is 0 Å². The first-order valence-electron chi connectivity index (χ1n) is 8.96. The molecular formula is C17H26N2O7. The van der Waals surface area contributed by atoms with Crippen molar-refractivity contribution in [3.63, 3.8) is 0 Å². The topological polar surface area (TPSA) is 136 Å². The minimum atomic E-state index is -1.53. The third kappa shape index (κ3) is 3.58. The van der Waals surface area contributed by atoms with E-state index in [-0.39, 0.29) is 6.54 Å². The highest BCUT2D eigenvalue weighted by Crippen LogP contribution is 2.32. The molecular weight excluding hydrogens is 344 g/mol. The lowest BCUT2D eigenvalue weighted by Crippen LogP contribution is -2.64. The first kappa shape index (κ1) is 19.1. The molecule has 2 amide bonds. The summed E-state index contributed by atoms with van der Waals surface area (Å²) in [5.41, 5.74) is 0.744. The van der Waals surface area contributed by atoms with Gasteiger partial charge in [0.25, 0.3) is 0 Å². The molecule has 26 heavy (non-hydrogen) atoms. The molecule has 9 nitrogen and oxygen atoms in total. The Labute approximate surface area is 151 Å². The number of hydrogen-bond donors (Lipinski definition) is 5. The van der Waals surface area contributed by atoms with E-state index in [0.29, 0.717) is 5.88 Å². The molecule has 0 aromatic carbocycles. The highest BCUT2D eigenvalue weighted by molar-refractivity contribution is 5.90. The van der Waals surface area contributed by atoms with Crippen molar-refractivity contribution < 1.29 is 34.4 Å². The standard InChI is InChI=1S/C17H26N2O7/c1-2-3-4-5-10-6-9-7-19(17(24)18-15(9)25-10)16-14(23)13(22)12(21)11(8-20)26-16/h6,11-14,16,20-23H,2-5,7-8H2,1H3,(H,18,24)/t11-,12-,13+,14-,16-/m1/s1. The maximum atomic E-state index is 12.4. The van der Waals surface area contributed by atoms with E-state index in [4.69, 9.17) is 9.15 Å². The van der Waals surface area contributed by atoms with Gasteiger partial charge in [-0.1, -0.05) is 19.8 Å². The van der Waals surface area contributed by atoms with Crippen LogP contribution in [0.15, 0.2) is 10.5 Å². The summed E-state index contributed by atoms with van der Waals surface area (Å²) < 4.78 is 11.1. The highest BCUT2D eigenvalue weighted by atomic mass is 16.6. The van der Waals surface area contributed by atoms with Crippen LogP contribution in [0.25, 0.3) is 0 Å². The Hall–Kier alpha value is -1.65. The molecule has 9 heteroatoms. The minimum absolute atomic E-state index is 0.126. The first-order chi connectivity index (χ1) is 12.5. The molecule has 3 heterocycles. The maximum absolute atomic E-state index is 12.4. The lowest BCUT2D eigenvalue weighted by atomic mass is 9.97. The Morgan fingerprint density at radius 2 is 2.00 bits per heavy atom. The van der Waals surface area contributed by atoms with Gasteiger partial charge in [-0.15, -0.1) is 0 Å². The number of carbonyl (C=O) groups excluding carboxylic acids is 1. The number of rotatable bonds is 6. The van der Waals surface area contributed by atoms with Crippen LogP contribution < -0.4 is 5.32 Å². The second-order valence-corrected chi connectivity index (χ2v) is 6.80. The maximum Gasteiger partial charge on any atom is 0.326 e. The molecule has 1 aromatic rings. The van der Waals surface area contributed by atoms with Crippen LogP contribution >= 0.6 is 0 Å². The summed E-state index contributed by atoms with van der Waals surface area (Å²) in [4.78, 5) is 13.6. The van der Waals surface area contributed by atoms with Gasteiger partial charge >= 0.3 is 6.03 Å². The predicted molar refractivity (Wildman–Crippen MR) is 90.3 cm³/mol. The molecule has 1 saturated heterocycles. The van der Waals surface area contributed by atoms with Crippen LogP contribution in [0.2, 0.25) is 0 Å². The van der Waals surface area contributed by atoms with Gasteiger partial charge in [0.2, 0.25) is 5.88 Å². The second-order valence-electron chi connectivity index (χ2n) is 6.80. The molecule has 0 unspecified atom stereocenters. The number of unbranched alkanes of at least 4 members (excludes halogenated alkanes) is 2. The van der Waals surface area contributed by atoms with E-state index >= 15 is 0 Å². The predicted octanol–water partition coefficient (Wildman–Crippen LogP) is 0.160.